The number of carbonyl (C=O) groups excluding carboxylic acids is 6. The minimum atomic E-state index is -2.70. The molecule has 1 atom stereocenters. The molecule has 366 valence electrons. The predicted octanol–water partition coefficient (Wildman–Crippen LogP) is 11.7. The zero-order valence-corrected chi connectivity index (χ0v) is 42.2. The molecule has 0 fully saturated rings. The van der Waals surface area contributed by atoms with Crippen molar-refractivity contribution < 1.29 is 74.9 Å². The summed E-state index contributed by atoms with van der Waals surface area (Å²) >= 11 is 0. The van der Waals surface area contributed by atoms with E-state index in [2.05, 4.69) is 0 Å². The van der Waals surface area contributed by atoms with Crippen molar-refractivity contribution in [2.45, 2.75) is 48.5 Å². The van der Waals surface area contributed by atoms with E-state index in [4.69, 9.17) is 46.1 Å². The van der Waals surface area contributed by atoms with Crippen LogP contribution in [0.1, 0.15) is 111 Å². The van der Waals surface area contributed by atoms with Crippen LogP contribution in [0, 0.1) is 0 Å². The molecule has 1 aliphatic rings. The van der Waals surface area contributed by atoms with Crippen molar-refractivity contribution in [3.05, 3.63) is 153 Å². The Morgan fingerprint density at radius 2 is 0.886 bits per heavy atom. The van der Waals surface area contributed by atoms with Gasteiger partial charge in [-0.2, -0.15) is 0 Å². The molecule has 1 unspecified atom stereocenters. The van der Waals surface area contributed by atoms with E-state index in [0.29, 0.717) is 23.0 Å². The maximum atomic E-state index is 14.9. The third-order valence-corrected chi connectivity index (χ3v) is 12.5. The van der Waals surface area contributed by atoms with E-state index in [1.54, 1.807) is 44.2 Å². The Morgan fingerprint density at radius 3 is 1.23 bits per heavy atom. The summed E-state index contributed by atoms with van der Waals surface area (Å²) in [6, 6.07) is 22.7. The van der Waals surface area contributed by atoms with Crippen LogP contribution >= 0.6 is 17.2 Å². The fraction of sp³-hybridized carbons (Fsp3) is 0.231. The van der Waals surface area contributed by atoms with Gasteiger partial charge in [0.2, 0.25) is 5.78 Å². The summed E-state index contributed by atoms with van der Waals surface area (Å²) in [6.07, 6.45) is 3.44. The van der Waals surface area contributed by atoms with Crippen molar-refractivity contribution in [1.29, 1.82) is 0 Å². The first-order valence-electron chi connectivity index (χ1n) is 21.3. The van der Waals surface area contributed by atoms with Gasteiger partial charge in [0.05, 0.1) is 55.8 Å². The van der Waals surface area contributed by atoms with Crippen LogP contribution in [0.15, 0.2) is 114 Å². The molecule has 0 aromatic heterocycles. The quantitative estimate of drug-likeness (QED) is 0.0286. The lowest BCUT2D eigenvalue weighted by Gasteiger charge is -2.25. The SMILES string of the molecule is C/C=C(\C)C(C)=O.COC/C=C(\C)OP(Oc1cc(OC)ccc1C(C)=O)Oc1cccc2c1C(=O)c1c(OP(Oc3cc(OC)ccc3C(C)=O)Oc3cc(OC)ccc3C(C)=O)cccc1C2=O. The molecule has 0 spiro atoms. The van der Waals surface area contributed by atoms with Gasteiger partial charge in [-0.3, -0.25) is 28.8 Å². The zero-order chi connectivity index (χ0) is 51.2. The number of fused-ring (bicyclic) bond motifs is 2. The maximum Gasteiger partial charge on any atom is 0.530 e. The fourth-order valence-electron chi connectivity index (χ4n) is 6.39. The van der Waals surface area contributed by atoms with Crippen LogP contribution in [-0.4, -0.2) is 69.7 Å². The largest absolute Gasteiger partial charge is 0.530 e. The van der Waals surface area contributed by atoms with E-state index in [1.807, 2.05) is 19.9 Å². The van der Waals surface area contributed by atoms with Gasteiger partial charge in [-0.05, 0) is 109 Å². The van der Waals surface area contributed by atoms with E-state index < -0.39 is 28.8 Å². The van der Waals surface area contributed by atoms with Crippen LogP contribution in [0.25, 0.3) is 0 Å². The highest BCUT2D eigenvalue weighted by molar-refractivity contribution is 7.43. The molecule has 0 radical (unpaired) electrons. The first-order valence-corrected chi connectivity index (χ1v) is 23.5. The average molecular weight is 995 g/mol. The molecule has 0 heterocycles. The number of methoxy groups -OCH3 is 4. The Morgan fingerprint density at radius 1 is 0.500 bits per heavy atom. The van der Waals surface area contributed by atoms with Crippen LogP contribution in [0.5, 0.6) is 46.0 Å². The summed E-state index contributed by atoms with van der Waals surface area (Å²) in [5, 5.41) is 0. The lowest BCUT2D eigenvalue weighted by Crippen LogP contribution is -2.23. The Kier molecular flexibility index (Phi) is 19.0. The van der Waals surface area contributed by atoms with Gasteiger partial charge < -0.3 is 46.1 Å². The van der Waals surface area contributed by atoms with Crippen LogP contribution in [0.3, 0.4) is 0 Å². The van der Waals surface area contributed by atoms with Crippen LogP contribution in [0.2, 0.25) is 0 Å². The number of allylic oxidation sites excluding steroid dienone is 3. The summed E-state index contributed by atoms with van der Waals surface area (Å²) in [5.41, 5.74) is 1.09. The van der Waals surface area contributed by atoms with Gasteiger partial charge in [0.15, 0.2) is 28.9 Å². The molecule has 0 N–H and O–H groups in total. The zero-order valence-electron chi connectivity index (χ0n) is 40.4. The lowest BCUT2D eigenvalue weighted by molar-refractivity contribution is -0.113. The predicted molar refractivity (Wildman–Crippen MR) is 263 cm³/mol. The number of ether oxygens (including phenoxy) is 4. The van der Waals surface area contributed by atoms with Crippen molar-refractivity contribution in [2.24, 2.45) is 0 Å². The number of Topliss-reactive ketones (excluding diaryl/α,β-unsaturated/α-hetero) is 4. The van der Waals surface area contributed by atoms with Gasteiger partial charge in [-0.15, -0.1) is 0 Å². The molecule has 5 aromatic rings. The number of benzene rings is 5. The maximum absolute atomic E-state index is 14.9. The molecule has 0 bridgehead atoms. The first-order chi connectivity index (χ1) is 33.4. The Hall–Kier alpha value is -7.38. The van der Waals surface area contributed by atoms with Crippen LogP contribution in [0.4, 0.5) is 0 Å². The van der Waals surface area contributed by atoms with E-state index in [1.165, 1.54) is 116 Å². The Bertz CT molecular complexity index is 2800. The van der Waals surface area contributed by atoms with Crippen molar-refractivity contribution in [1.82, 2.24) is 0 Å². The van der Waals surface area contributed by atoms with Crippen molar-refractivity contribution in [3.8, 4) is 46.0 Å². The number of rotatable bonds is 21. The highest BCUT2D eigenvalue weighted by Gasteiger charge is 2.38. The summed E-state index contributed by atoms with van der Waals surface area (Å²) < 4.78 is 59.0. The molecule has 0 amide bonds. The summed E-state index contributed by atoms with van der Waals surface area (Å²) in [6.45, 7) is 11.1. The van der Waals surface area contributed by atoms with Crippen molar-refractivity contribution in [2.75, 3.05) is 35.0 Å². The molecular formula is C52H52O16P2. The minimum Gasteiger partial charge on any atom is -0.497 e. The van der Waals surface area contributed by atoms with Crippen LogP contribution < -0.4 is 36.8 Å². The topological polar surface area (TPSA) is 195 Å². The number of ketones is 6. The Balaban J connectivity index is 0.00000121. The average Bonchev–Trinajstić information content (AvgIpc) is 3.34. The lowest BCUT2D eigenvalue weighted by atomic mass is 9.83. The van der Waals surface area contributed by atoms with Crippen molar-refractivity contribution >= 4 is 51.9 Å². The highest BCUT2D eigenvalue weighted by atomic mass is 31.2. The van der Waals surface area contributed by atoms with Gasteiger partial charge in [-0.1, -0.05) is 30.3 Å². The van der Waals surface area contributed by atoms with E-state index in [9.17, 15) is 28.8 Å². The molecule has 5 aromatic carbocycles. The number of carbonyl (C=O) groups is 6. The Labute approximate surface area is 408 Å². The smallest absolute Gasteiger partial charge is 0.497 e. The second kappa shape index (κ2) is 24.8. The summed E-state index contributed by atoms with van der Waals surface area (Å²) in [5.74, 6) is -0.742. The molecular weight excluding hydrogens is 943 g/mol. The van der Waals surface area contributed by atoms with E-state index in [-0.39, 0.29) is 97.4 Å². The van der Waals surface area contributed by atoms with Gasteiger partial charge in [0.1, 0.15) is 51.8 Å². The van der Waals surface area contributed by atoms with Gasteiger partial charge in [0, 0.05) is 36.4 Å². The standard InChI is InChI=1S/C46H42O15P2.C6H10O/c1-26(21-22-52-5)56-62(59-40-23-30(53-6)15-18-33(40)27(2)47)57-38-13-9-11-36-43(38)46(51)44-37(45(36)50)12-10-14-39(44)58-63(60-41-24-31(54-7)16-19-34(41)28(3)48)61-42-25-32(55-8)17-20-35(42)29(4)49;1-4-5(2)6(3)7/h9-21,23-25H,22H2,1-8H3;4H,1-3H3/b26-21+;5-4+. The minimum absolute atomic E-state index is 0.00398. The third-order valence-electron chi connectivity index (χ3n) is 10.3. The third kappa shape index (κ3) is 13.2. The molecule has 16 nitrogen and oxygen atoms in total. The fourth-order valence-corrected chi connectivity index (χ4v) is 8.49. The highest BCUT2D eigenvalue weighted by Crippen LogP contribution is 2.50. The number of hydrogen-bond donors (Lipinski definition) is 0. The summed E-state index contributed by atoms with van der Waals surface area (Å²) in [4.78, 5) is 77.7. The molecule has 1 aliphatic carbocycles. The van der Waals surface area contributed by atoms with E-state index in [0.717, 1.165) is 5.57 Å². The molecule has 0 aliphatic heterocycles. The first kappa shape index (κ1) is 53.6. The molecule has 70 heavy (non-hydrogen) atoms. The van der Waals surface area contributed by atoms with Gasteiger partial charge in [0.25, 0.3) is 0 Å². The molecule has 6 rings (SSSR count). The van der Waals surface area contributed by atoms with E-state index >= 15 is 0 Å². The second-order valence-electron chi connectivity index (χ2n) is 15.1. The second-order valence-corrected chi connectivity index (χ2v) is 17.1. The number of hydrogen-bond acceptors (Lipinski definition) is 16. The summed E-state index contributed by atoms with van der Waals surface area (Å²) in [7, 11) is 0.661. The van der Waals surface area contributed by atoms with Gasteiger partial charge >= 0.3 is 17.2 Å². The monoisotopic (exact) mass is 994 g/mol. The van der Waals surface area contributed by atoms with Crippen LogP contribution in [-0.2, 0) is 14.1 Å². The molecule has 0 saturated heterocycles. The normalized spacial score (nSPS) is 12.3. The molecule has 18 heteroatoms. The van der Waals surface area contributed by atoms with Gasteiger partial charge in [-0.25, -0.2) is 0 Å². The van der Waals surface area contributed by atoms with Crippen molar-refractivity contribution in [3.63, 3.8) is 0 Å². The molecule has 0 saturated carbocycles.